The van der Waals surface area contributed by atoms with E-state index in [0.717, 1.165) is 0 Å². The van der Waals surface area contributed by atoms with E-state index in [1.165, 1.54) is 50.3 Å². The van der Waals surface area contributed by atoms with Crippen LogP contribution in [-0.2, 0) is 4.79 Å². The topological polar surface area (TPSA) is 74.8 Å². The summed E-state index contributed by atoms with van der Waals surface area (Å²) in [4.78, 5) is 23.0. The molecular formula is C20H32N3O2+. The summed E-state index contributed by atoms with van der Waals surface area (Å²) in [6, 6.07) is 8.69. The highest BCUT2D eigenvalue weighted by Crippen LogP contribution is 2.33. The Morgan fingerprint density at radius 1 is 1.12 bits per heavy atom. The number of hydrogen-bond acceptors (Lipinski definition) is 2. The molecule has 4 N–H and O–H groups in total. The summed E-state index contributed by atoms with van der Waals surface area (Å²) in [5.74, 6) is 0.833. The van der Waals surface area contributed by atoms with Crippen molar-refractivity contribution in [2.75, 3.05) is 13.6 Å². The van der Waals surface area contributed by atoms with Gasteiger partial charge in [0, 0.05) is 18.5 Å². The van der Waals surface area contributed by atoms with Gasteiger partial charge in [0.1, 0.15) is 6.04 Å². The molecular weight excluding hydrogens is 314 g/mol. The number of nitrogens with two attached hydrogens (primary N) is 1. The Morgan fingerprint density at radius 2 is 1.76 bits per heavy atom. The molecule has 1 aromatic carbocycles. The summed E-state index contributed by atoms with van der Waals surface area (Å²) in [5.41, 5.74) is 2.69. The van der Waals surface area contributed by atoms with Crippen LogP contribution >= 0.6 is 0 Å². The molecule has 0 unspecified atom stereocenters. The zero-order valence-corrected chi connectivity index (χ0v) is 15.7. The Morgan fingerprint density at radius 3 is 2.32 bits per heavy atom. The van der Waals surface area contributed by atoms with Crippen molar-refractivity contribution in [3.8, 4) is 0 Å². The molecule has 5 nitrogen and oxygen atoms in total. The quantitative estimate of drug-likeness (QED) is 0.740. The summed E-state index contributed by atoms with van der Waals surface area (Å²) < 4.78 is 0. The monoisotopic (exact) mass is 346 g/mol. The lowest BCUT2D eigenvalue weighted by Crippen LogP contribution is -2.88. The van der Waals surface area contributed by atoms with Crippen LogP contribution in [0.1, 0.15) is 69.0 Å². The molecule has 5 heteroatoms. The number of carbonyl (C=O) groups is 2. The number of imide groups is 1. The van der Waals surface area contributed by atoms with Gasteiger partial charge in [-0.15, -0.1) is 0 Å². The van der Waals surface area contributed by atoms with Crippen LogP contribution in [0.15, 0.2) is 24.3 Å². The first-order valence-electron chi connectivity index (χ1n) is 9.46. The molecule has 1 fully saturated rings. The van der Waals surface area contributed by atoms with Gasteiger partial charge in [-0.05, 0) is 24.3 Å². The average molecular weight is 346 g/mol. The SMILES string of the molecule is CNC(=O)NC(=O)C[NH2+][C@H](c1ccc(C2CCCCC2)cc1)C(C)C. The molecule has 1 aliphatic rings. The maximum absolute atomic E-state index is 11.8. The van der Waals surface area contributed by atoms with Crippen molar-refractivity contribution in [1.82, 2.24) is 10.6 Å². The molecule has 0 bridgehead atoms. The maximum Gasteiger partial charge on any atom is 0.321 e. The number of carbonyl (C=O) groups excluding carboxylic acids is 2. The molecule has 0 aromatic heterocycles. The Labute approximate surface area is 151 Å². The minimum Gasteiger partial charge on any atom is -0.341 e. The molecule has 0 heterocycles. The number of amides is 3. The normalized spacial score (nSPS) is 16.5. The second kappa shape index (κ2) is 9.56. The summed E-state index contributed by atoms with van der Waals surface area (Å²) in [7, 11) is 1.50. The summed E-state index contributed by atoms with van der Waals surface area (Å²) >= 11 is 0. The summed E-state index contributed by atoms with van der Waals surface area (Å²) in [6.07, 6.45) is 6.67. The van der Waals surface area contributed by atoms with Crippen LogP contribution in [0.3, 0.4) is 0 Å². The van der Waals surface area contributed by atoms with Gasteiger partial charge in [-0.3, -0.25) is 10.1 Å². The summed E-state index contributed by atoms with van der Waals surface area (Å²) in [6.45, 7) is 4.56. The van der Waals surface area contributed by atoms with Crippen LogP contribution in [0.5, 0.6) is 0 Å². The zero-order chi connectivity index (χ0) is 18.2. The van der Waals surface area contributed by atoms with Gasteiger partial charge in [0.2, 0.25) is 0 Å². The van der Waals surface area contributed by atoms with Crippen molar-refractivity contribution in [3.05, 3.63) is 35.4 Å². The average Bonchev–Trinajstić information content (AvgIpc) is 2.62. The van der Waals surface area contributed by atoms with Gasteiger partial charge in [0.15, 0.2) is 6.54 Å². The van der Waals surface area contributed by atoms with Gasteiger partial charge in [-0.2, -0.15) is 0 Å². The van der Waals surface area contributed by atoms with Crippen molar-refractivity contribution in [2.24, 2.45) is 5.92 Å². The molecule has 1 saturated carbocycles. The summed E-state index contributed by atoms with van der Waals surface area (Å²) in [5, 5.41) is 6.71. The largest absolute Gasteiger partial charge is 0.341 e. The predicted molar refractivity (Wildman–Crippen MR) is 99.2 cm³/mol. The minimum atomic E-state index is -0.462. The molecule has 138 valence electrons. The lowest BCUT2D eigenvalue weighted by molar-refractivity contribution is -0.692. The number of urea groups is 1. The van der Waals surface area contributed by atoms with Crippen LogP contribution < -0.4 is 16.0 Å². The second-order valence-corrected chi connectivity index (χ2v) is 7.34. The lowest BCUT2D eigenvalue weighted by Gasteiger charge is -2.23. The van der Waals surface area contributed by atoms with Crippen LogP contribution in [0, 0.1) is 5.92 Å². The highest BCUT2D eigenvalue weighted by atomic mass is 16.2. The van der Waals surface area contributed by atoms with E-state index in [2.05, 4.69) is 48.7 Å². The fourth-order valence-corrected chi connectivity index (χ4v) is 3.69. The van der Waals surface area contributed by atoms with Crippen molar-refractivity contribution in [3.63, 3.8) is 0 Å². The molecule has 25 heavy (non-hydrogen) atoms. The number of benzene rings is 1. The van der Waals surface area contributed by atoms with Crippen molar-refractivity contribution in [2.45, 2.75) is 57.9 Å². The van der Waals surface area contributed by atoms with E-state index in [-0.39, 0.29) is 18.5 Å². The smallest absolute Gasteiger partial charge is 0.321 e. The van der Waals surface area contributed by atoms with E-state index in [9.17, 15) is 9.59 Å². The number of hydrogen-bond donors (Lipinski definition) is 3. The maximum atomic E-state index is 11.8. The number of rotatable bonds is 6. The molecule has 2 rings (SSSR count). The predicted octanol–water partition coefficient (Wildman–Crippen LogP) is 2.45. The van der Waals surface area contributed by atoms with E-state index in [4.69, 9.17) is 0 Å². The van der Waals surface area contributed by atoms with E-state index in [1.54, 1.807) is 0 Å². The van der Waals surface area contributed by atoms with Gasteiger partial charge in [-0.25, -0.2) is 4.79 Å². The Kier molecular flexibility index (Phi) is 7.44. The molecule has 0 aliphatic heterocycles. The van der Waals surface area contributed by atoms with E-state index < -0.39 is 6.03 Å². The molecule has 1 aliphatic carbocycles. The fraction of sp³-hybridized carbons (Fsp3) is 0.600. The lowest BCUT2D eigenvalue weighted by atomic mass is 9.83. The van der Waals surface area contributed by atoms with Crippen molar-refractivity contribution in [1.29, 1.82) is 0 Å². The van der Waals surface area contributed by atoms with Gasteiger partial charge in [0.25, 0.3) is 5.91 Å². The van der Waals surface area contributed by atoms with Crippen LogP contribution in [0.2, 0.25) is 0 Å². The van der Waals surface area contributed by atoms with Gasteiger partial charge in [-0.1, -0.05) is 57.4 Å². The highest BCUT2D eigenvalue weighted by Gasteiger charge is 2.22. The van der Waals surface area contributed by atoms with Gasteiger partial charge < -0.3 is 10.6 Å². The highest BCUT2D eigenvalue weighted by molar-refractivity contribution is 5.94. The first kappa shape index (κ1) is 19.4. The Balaban J connectivity index is 1.97. The molecule has 1 aromatic rings. The molecule has 0 saturated heterocycles. The van der Waals surface area contributed by atoms with Crippen LogP contribution in [-0.4, -0.2) is 25.5 Å². The van der Waals surface area contributed by atoms with Gasteiger partial charge in [0.05, 0.1) is 0 Å². The fourth-order valence-electron chi connectivity index (χ4n) is 3.69. The van der Waals surface area contributed by atoms with Crippen LogP contribution in [0.4, 0.5) is 4.79 Å². The third-order valence-corrected chi connectivity index (χ3v) is 5.15. The molecule has 1 atom stereocenters. The van der Waals surface area contributed by atoms with Gasteiger partial charge >= 0.3 is 6.03 Å². The molecule has 0 radical (unpaired) electrons. The minimum absolute atomic E-state index is 0.204. The first-order chi connectivity index (χ1) is 12.0. The Hall–Kier alpha value is -1.88. The van der Waals surface area contributed by atoms with Crippen molar-refractivity contribution < 1.29 is 14.9 Å². The third kappa shape index (κ3) is 5.85. The van der Waals surface area contributed by atoms with Crippen molar-refractivity contribution >= 4 is 11.9 Å². The molecule has 0 spiro atoms. The standard InChI is InChI=1S/C20H31N3O2/c1-14(2)19(22-13-18(24)23-20(25)21-3)17-11-9-16(10-12-17)15-7-5-4-6-8-15/h9-12,14-15,19,22H,4-8,13H2,1-3H3,(H2,21,23,24,25)/p+1/t19-/m0/s1. The zero-order valence-electron chi connectivity index (χ0n) is 15.7. The number of nitrogens with one attached hydrogen (secondary N) is 2. The van der Waals surface area contributed by atoms with Crippen LogP contribution in [0.25, 0.3) is 0 Å². The number of quaternary nitrogens is 1. The first-order valence-corrected chi connectivity index (χ1v) is 9.46. The van der Waals surface area contributed by atoms with E-state index >= 15 is 0 Å². The second-order valence-electron chi connectivity index (χ2n) is 7.34. The Bertz CT molecular complexity index is 563. The molecule has 3 amide bonds. The van der Waals surface area contributed by atoms with E-state index in [0.29, 0.717) is 11.8 Å². The third-order valence-electron chi connectivity index (χ3n) is 5.15. The van der Waals surface area contributed by atoms with E-state index in [1.807, 2.05) is 5.32 Å².